The van der Waals surface area contributed by atoms with E-state index in [0.717, 1.165) is 40.6 Å². The van der Waals surface area contributed by atoms with Gasteiger partial charge in [0.05, 0.1) is 5.52 Å². The van der Waals surface area contributed by atoms with Gasteiger partial charge in [0, 0.05) is 44.3 Å². The third-order valence-corrected chi connectivity index (χ3v) is 7.26. The molecular weight excluding hydrogens is 430 g/mol. The summed E-state index contributed by atoms with van der Waals surface area (Å²) in [5, 5.41) is 1.08. The number of hydrogen-bond donors (Lipinski definition) is 0. The molecule has 1 saturated heterocycles. The number of hydrogen-bond acceptors (Lipinski definition) is 5. The normalized spacial score (nSPS) is 15.2. The molecule has 0 N–H and O–H groups in total. The van der Waals surface area contributed by atoms with Crippen molar-refractivity contribution < 1.29 is 0 Å². The zero-order chi connectivity index (χ0) is 24.6. The second-order valence-corrected chi connectivity index (χ2v) is 10.5. The van der Waals surface area contributed by atoms with Crippen molar-refractivity contribution in [2.75, 3.05) is 51.2 Å². The van der Waals surface area contributed by atoms with Gasteiger partial charge in [-0.2, -0.15) is 0 Å². The van der Waals surface area contributed by atoms with Crippen LogP contribution in [0.2, 0.25) is 0 Å². The predicted molar refractivity (Wildman–Crippen MR) is 149 cm³/mol. The summed E-state index contributed by atoms with van der Waals surface area (Å²) in [5.41, 5.74) is 3.57. The number of piperazine rings is 1. The number of unbranched alkanes of at least 4 members (excludes halogenated alkanes) is 2. The van der Waals surface area contributed by atoms with Crippen molar-refractivity contribution in [1.82, 2.24) is 19.8 Å². The molecule has 5 nitrogen and oxygen atoms in total. The first-order valence-electron chi connectivity index (χ1n) is 13.5. The maximum absolute atomic E-state index is 4.74. The Morgan fingerprint density at radius 2 is 1.51 bits per heavy atom. The summed E-state index contributed by atoms with van der Waals surface area (Å²) in [7, 11) is 2.09. The van der Waals surface area contributed by atoms with E-state index in [9.17, 15) is 0 Å². The number of aromatic nitrogens is 2. The van der Waals surface area contributed by atoms with Crippen molar-refractivity contribution >= 4 is 22.4 Å². The number of rotatable bonds is 11. The maximum atomic E-state index is 4.74. The summed E-state index contributed by atoms with van der Waals surface area (Å²) in [4.78, 5) is 16.8. The fourth-order valence-corrected chi connectivity index (χ4v) is 4.96. The molecular formula is C30H43N5. The van der Waals surface area contributed by atoms with Crippen LogP contribution in [0.3, 0.4) is 0 Å². The lowest BCUT2D eigenvalue weighted by Gasteiger charge is -2.35. The summed E-state index contributed by atoms with van der Waals surface area (Å²) < 4.78 is 0. The van der Waals surface area contributed by atoms with Crippen molar-refractivity contribution in [1.29, 1.82) is 0 Å². The second kappa shape index (κ2) is 12.5. The Bertz CT molecular complexity index is 1050. The Morgan fingerprint density at radius 3 is 2.23 bits per heavy atom. The topological polar surface area (TPSA) is 35.5 Å². The summed E-state index contributed by atoms with van der Waals surface area (Å²) in [6.45, 7) is 14.1. The highest BCUT2D eigenvalue weighted by Gasteiger charge is 2.16. The molecule has 0 saturated carbocycles. The van der Waals surface area contributed by atoms with E-state index in [2.05, 4.69) is 83.0 Å². The van der Waals surface area contributed by atoms with Gasteiger partial charge in [-0.1, -0.05) is 44.5 Å². The molecule has 1 aliphatic heterocycles. The molecule has 1 aromatic heterocycles. The fourth-order valence-electron chi connectivity index (χ4n) is 4.96. The highest BCUT2D eigenvalue weighted by molar-refractivity contribution is 5.91. The average Bonchev–Trinajstić information content (AvgIpc) is 2.87. The third kappa shape index (κ3) is 7.25. The molecule has 4 rings (SSSR count). The van der Waals surface area contributed by atoms with Gasteiger partial charge in [0.25, 0.3) is 0 Å². The highest BCUT2D eigenvalue weighted by Crippen LogP contribution is 2.29. The number of fused-ring (bicyclic) bond motifs is 1. The lowest BCUT2D eigenvalue weighted by molar-refractivity contribution is 0.126. The Morgan fingerprint density at radius 1 is 0.829 bits per heavy atom. The minimum absolute atomic E-state index is 0.801. The van der Waals surface area contributed by atoms with Crippen LogP contribution in [0.4, 0.5) is 11.5 Å². The molecule has 35 heavy (non-hydrogen) atoms. The second-order valence-electron chi connectivity index (χ2n) is 10.5. The minimum Gasteiger partial charge on any atom is -0.329 e. The highest BCUT2D eigenvalue weighted by atomic mass is 15.3. The van der Waals surface area contributed by atoms with E-state index in [0.29, 0.717) is 0 Å². The van der Waals surface area contributed by atoms with Crippen molar-refractivity contribution in [3.8, 4) is 0 Å². The third-order valence-electron chi connectivity index (χ3n) is 7.26. The van der Waals surface area contributed by atoms with Crippen LogP contribution in [0.25, 0.3) is 10.9 Å². The summed E-state index contributed by atoms with van der Waals surface area (Å²) in [6.07, 6.45) is 6.37. The van der Waals surface area contributed by atoms with Crippen LogP contribution in [0, 0.1) is 12.8 Å². The molecule has 0 radical (unpaired) electrons. The molecule has 1 aliphatic rings. The summed E-state index contributed by atoms with van der Waals surface area (Å²) in [5.74, 6) is 2.57. The van der Waals surface area contributed by atoms with Crippen molar-refractivity contribution in [3.05, 3.63) is 59.9 Å². The van der Waals surface area contributed by atoms with Gasteiger partial charge in [0.1, 0.15) is 11.6 Å². The van der Waals surface area contributed by atoms with Gasteiger partial charge < -0.3 is 14.7 Å². The zero-order valence-electron chi connectivity index (χ0n) is 22.2. The van der Waals surface area contributed by atoms with E-state index in [1.165, 1.54) is 70.5 Å². The van der Waals surface area contributed by atoms with Crippen molar-refractivity contribution in [2.24, 2.45) is 5.92 Å². The Kier molecular flexibility index (Phi) is 9.11. The van der Waals surface area contributed by atoms with Gasteiger partial charge >= 0.3 is 0 Å². The van der Waals surface area contributed by atoms with Crippen LogP contribution in [0.1, 0.15) is 50.9 Å². The van der Waals surface area contributed by atoms with Gasteiger partial charge in [-0.15, -0.1) is 0 Å². The van der Waals surface area contributed by atoms with Crippen LogP contribution in [-0.4, -0.2) is 66.1 Å². The van der Waals surface area contributed by atoms with E-state index in [1.54, 1.807) is 0 Å². The molecule has 188 valence electrons. The molecule has 2 heterocycles. The predicted octanol–water partition coefficient (Wildman–Crippen LogP) is 6.08. The minimum atomic E-state index is 0.801. The van der Waals surface area contributed by atoms with Gasteiger partial charge in [-0.05, 0) is 81.4 Å². The van der Waals surface area contributed by atoms with Gasteiger partial charge in [0.15, 0.2) is 0 Å². The van der Waals surface area contributed by atoms with Crippen LogP contribution in [0.5, 0.6) is 0 Å². The molecule has 0 bridgehead atoms. The van der Waals surface area contributed by atoms with Gasteiger partial charge in [-0.3, -0.25) is 0 Å². The van der Waals surface area contributed by atoms with E-state index < -0.39 is 0 Å². The standard InChI is InChI=1S/C30H43N5/c1-24(2)17-19-35-22-20-34(21-23-35)18-9-5-6-10-26-13-15-27(16-14-26)33(4)30-28-11-7-8-12-29(28)31-25(3)32-30/h7-8,11-16,24H,5-6,9-10,17-23H2,1-4H3. The van der Waals surface area contributed by atoms with E-state index in [4.69, 9.17) is 4.98 Å². The largest absolute Gasteiger partial charge is 0.329 e. The number of anilines is 2. The van der Waals surface area contributed by atoms with E-state index >= 15 is 0 Å². The first kappa shape index (κ1) is 25.6. The van der Waals surface area contributed by atoms with Crippen LogP contribution >= 0.6 is 0 Å². The molecule has 0 aliphatic carbocycles. The van der Waals surface area contributed by atoms with E-state index in [1.807, 2.05) is 13.0 Å². The average molecular weight is 474 g/mol. The number of benzene rings is 2. The maximum Gasteiger partial charge on any atom is 0.144 e. The zero-order valence-corrected chi connectivity index (χ0v) is 22.2. The molecule has 0 unspecified atom stereocenters. The Balaban J connectivity index is 1.19. The summed E-state index contributed by atoms with van der Waals surface area (Å²) >= 11 is 0. The van der Waals surface area contributed by atoms with Gasteiger partial charge in [0.2, 0.25) is 0 Å². The summed E-state index contributed by atoms with van der Waals surface area (Å²) in [6, 6.07) is 17.2. The van der Waals surface area contributed by atoms with Crippen molar-refractivity contribution in [3.63, 3.8) is 0 Å². The smallest absolute Gasteiger partial charge is 0.144 e. The Labute approximate surface area is 212 Å². The first-order chi connectivity index (χ1) is 17.0. The lowest BCUT2D eigenvalue weighted by Crippen LogP contribution is -2.46. The first-order valence-corrected chi connectivity index (χ1v) is 13.5. The van der Waals surface area contributed by atoms with Crippen LogP contribution in [-0.2, 0) is 6.42 Å². The van der Waals surface area contributed by atoms with Crippen molar-refractivity contribution in [2.45, 2.75) is 52.9 Å². The lowest BCUT2D eigenvalue weighted by atomic mass is 10.1. The SMILES string of the molecule is Cc1nc(N(C)c2ccc(CCCCCN3CCN(CCC(C)C)CC3)cc2)c2ccccc2n1. The Hall–Kier alpha value is -2.50. The molecule has 1 fully saturated rings. The van der Waals surface area contributed by atoms with E-state index in [-0.39, 0.29) is 0 Å². The van der Waals surface area contributed by atoms with Crippen LogP contribution in [0.15, 0.2) is 48.5 Å². The van der Waals surface area contributed by atoms with Gasteiger partial charge in [-0.25, -0.2) is 9.97 Å². The number of nitrogens with zero attached hydrogens (tertiary/aromatic N) is 5. The monoisotopic (exact) mass is 473 g/mol. The molecule has 0 amide bonds. The number of para-hydroxylation sites is 1. The molecule has 5 heteroatoms. The number of aryl methyl sites for hydroxylation is 2. The molecule has 3 aromatic rings. The fraction of sp³-hybridized carbons (Fsp3) is 0.533. The molecule has 0 spiro atoms. The molecule has 2 aromatic carbocycles. The molecule has 0 atom stereocenters. The quantitative estimate of drug-likeness (QED) is 0.315. The van der Waals surface area contributed by atoms with Crippen LogP contribution < -0.4 is 4.90 Å².